The molecule has 0 spiro atoms. The Bertz CT molecular complexity index is 78.2. The Morgan fingerprint density at radius 3 is 1.46 bits per heavy atom. The van der Waals surface area contributed by atoms with Crippen LogP contribution < -0.4 is 0 Å². The quantitative estimate of drug-likeness (QED) is 0.558. The fraction of sp³-hybridized carbons (Fsp3) is 1.00. The van der Waals surface area contributed by atoms with Crippen LogP contribution >= 0.6 is 12.4 Å². The topological polar surface area (TPSA) is 0 Å². The molecule has 0 aromatic rings. The van der Waals surface area contributed by atoms with Crippen LogP contribution in [0.5, 0.6) is 0 Å². The van der Waals surface area contributed by atoms with Crippen LogP contribution in [0.1, 0.15) is 52.9 Å². The van der Waals surface area contributed by atoms with Gasteiger partial charge in [0.05, 0.1) is 0 Å². The van der Waals surface area contributed by atoms with E-state index in [0.29, 0.717) is 0 Å². The Labute approximate surface area is 98.0 Å². The predicted octanol–water partition coefficient (Wildman–Crippen LogP) is 4.91. The molecule has 0 aliphatic rings. The van der Waals surface area contributed by atoms with Crippen LogP contribution in [-0.4, -0.2) is 19.8 Å². The summed E-state index contributed by atoms with van der Waals surface area (Å²) in [6.45, 7) is 7.01. The molecular formula is C11H26ClSn. The van der Waals surface area contributed by atoms with E-state index < -0.39 is 19.8 Å². The summed E-state index contributed by atoms with van der Waals surface area (Å²) >= 11 is -0.812. The molecule has 0 aliphatic heterocycles. The second-order valence-corrected chi connectivity index (χ2v) is 12.3. The van der Waals surface area contributed by atoms with Gasteiger partial charge in [0.15, 0.2) is 0 Å². The molecule has 0 bridgehead atoms. The fourth-order valence-corrected chi connectivity index (χ4v) is 10.6. The van der Waals surface area contributed by atoms with E-state index in [9.17, 15) is 0 Å². The van der Waals surface area contributed by atoms with E-state index >= 15 is 0 Å². The molecule has 1 radical (unpaired) electrons. The first-order valence-electron chi connectivity index (χ1n) is 5.68. The maximum Gasteiger partial charge on any atom is -0.147 e. The largest absolute Gasteiger partial charge is 0.147 e. The van der Waals surface area contributed by atoms with Gasteiger partial charge < -0.3 is 0 Å². The van der Waals surface area contributed by atoms with Crippen molar-refractivity contribution in [3.63, 3.8) is 0 Å². The Kier molecular flexibility index (Phi) is 16.6. The zero-order valence-electron chi connectivity index (χ0n) is 9.57. The van der Waals surface area contributed by atoms with Gasteiger partial charge in [-0.25, -0.2) is 0 Å². The molecule has 0 rings (SSSR count). The summed E-state index contributed by atoms with van der Waals surface area (Å²) in [6.07, 6.45) is 7.35. The van der Waals surface area contributed by atoms with Crippen molar-refractivity contribution in [3.05, 3.63) is 0 Å². The first kappa shape index (κ1) is 16.5. The number of unbranched alkanes of at least 4 members (excludes halogenated alkanes) is 2. The standard InChI is InChI=1S/2C4H9.C3H7.ClH.Sn/c2*1-3-4-2;1-3-2;;/h2*1,3-4H2,2H3;1,3H2,2H3;1H;. The van der Waals surface area contributed by atoms with Crippen LogP contribution in [0.25, 0.3) is 0 Å². The summed E-state index contributed by atoms with van der Waals surface area (Å²) in [6, 6.07) is 0. The third kappa shape index (κ3) is 11.0. The van der Waals surface area contributed by atoms with Gasteiger partial charge in [0, 0.05) is 0 Å². The number of halogens is 1. The van der Waals surface area contributed by atoms with E-state index in [4.69, 9.17) is 0 Å². The molecule has 13 heavy (non-hydrogen) atoms. The van der Waals surface area contributed by atoms with Crippen LogP contribution in [0.15, 0.2) is 0 Å². The average Bonchev–Trinajstić information content (AvgIpc) is 2.10. The molecule has 0 aromatic heterocycles. The predicted molar refractivity (Wildman–Crippen MR) is 67.5 cm³/mol. The van der Waals surface area contributed by atoms with Crippen molar-refractivity contribution in [1.82, 2.24) is 0 Å². The van der Waals surface area contributed by atoms with Gasteiger partial charge in [-0.05, 0) is 0 Å². The molecule has 0 saturated carbocycles. The van der Waals surface area contributed by atoms with Crippen molar-refractivity contribution < 1.29 is 0 Å². The van der Waals surface area contributed by atoms with Crippen molar-refractivity contribution in [2.75, 3.05) is 0 Å². The second kappa shape index (κ2) is 13.1. The van der Waals surface area contributed by atoms with Crippen LogP contribution in [0.3, 0.4) is 0 Å². The van der Waals surface area contributed by atoms with E-state index in [2.05, 4.69) is 20.8 Å². The summed E-state index contributed by atoms with van der Waals surface area (Å²) in [7, 11) is 0. The number of rotatable bonds is 8. The number of hydrogen-bond acceptors (Lipinski definition) is 0. The minimum atomic E-state index is -0.812. The summed E-state index contributed by atoms with van der Waals surface area (Å²) in [5, 5.41) is 0. The normalized spacial score (nSPS) is 10.2. The second-order valence-electron chi connectivity index (χ2n) is 3.71. The van der Waals surface area contributed by atoms with Gasteiger partial charge in [-0.3, -0.25) is 0 Å². The Morgan fingerprint density at radius 1 is 0.692 bits per heavy atom. The fourth-order valence-electron chi connectivity index (χ4n) is 1.58. The van der Waals surface area contributed by atoms with Crippen molar-refractivity contribution in [2.24, 2.45) is 0 Å². The molecular weight excluding hydrogens is 286 g/mol. The maximum atomic E-state index is 2.36. The minimum Gasteiger partial charge on any atom is -0.147 e. The van der Waals surface area contributed by atoms with Crippen molar-refractivity contribution >= 4 is 32.2 Å². The summed E-state index contributed by atoms with van der Waals surface area (Å²) in [5.41, 5.74) is 0. The van der Waals surface area contributed by atoms with Crippen LogP contribution in [0.4, 0.5) is 0 Å². The van der Waals surface area contributed by atoms with E-state index in [1.54, 1.807) is 13.3 Å². The molecule has 2 heteroatoms. The average molecular weight is 312 g/mol. The molecule has 81 valence electrons. The smallest absolute Gasteiger partial charge is 0.147 e. The molecule has 0 amide bonds. The summed E-state index contributed by atoms with van der Waals surface area (Å²) in [5.74, 6) is 0. The van der Waals surface area contributed by atoms with Gasteiger partial charge in [-0.15, -0.1) is 12.4 Å². The molecule has 0 N–H and O–H groups in total. The van der Waals surface area contributed by atoms with E-state index in [1.807, 2.05) is 0 Å². The first-order valence-corrected chi connectivity index (χ1v) is 11.7. The van der Waals surface area contributed by atoms with Crippen LogP contribution in [-0.2, 0) is 0 Å². The third-order valence-electron chi connectivity index (χ3n) is 2.37. The van der Waals surface area contributed by atoms with Gasteiger partial charge in [0.2, 0.25) is 0 Å². The zero-order valence-corrected chi connectivity index (χ0v) is 13.2. The monoisotopic (exact) mass is 313 g/mol. The molecule has 0 heterocycles. The van der Waals surface area contributed by atoms with Crippen molar-refractivity contribution in [2.45, 2.75) is 66.2 Å². The molecule has 0 unspecified atom stereocenters. The first-order chi connectivity index (χ1) is 5.85. The molecule has 0 aromatic carbocycles. The summed E-state index contributed by atoms with van der Waals surface area (Å²) < 4.78 is 5.00. The zero-order chi connectivity index (χ0) is 9.23. The molecule has 0 atom stereocenters. The van der Waals surface area contributed by atoms with Crippen molar-refractivity contribution in [1.29, 1.82) is 0 Å². The maximum absolute atomic E-state index is 2.36. The van der Waals surface area contributed by atoms with Gasteiger partial charge in [0.25, 0.3) is 0 Å². The van der Waals surface area contributed by atoms with E-state index in [1.165, 1.54) is 32.1 Å². The Balaban J connectivity index is 0. The van der Waals surface area contributed by atoms with Crippen molar-refractivity contribution in [3.8, 4) is 0 Å². The van der Waals surface area contributed by atoms with Gasteiger partial charge in [0.1, 0.15) is 0 Å². The van der Waals surface area contributed by atoms with Gasteiger partial charge in [-0.2, -0.15) is 0 Å². The number of hydrogen-bond donors (Lipinski definition) is 0. The molecule has 0 fully saturated rings. The van der Waals surface area contributed by atoms with Crippen LogP contribution in [0.2, 0.25) is 13.3 Å². The van der Waals surface area contributed by atoms with E-state index in [0.717, 1.165) is 0 Å². The van der Waals surface area contributed by atoms with Gasteiger partial charge in [-0.1, -0.05) is 0 Å². The SMILES string of the molecule is CCC[CH2][Sn]([CH2]CC)[CH2]CCC.Cl. The Morgan fingerprint density at radius 2 is 1.15 bits per heavy atom. The Hall–Kier alpha value is 1.09. The van der Waals surface area contributed by atoms with Gasteiger partial charge >= 0.3 is 85.9 Å². The summed E-state index contributed by atoms with van der Waals surface area (Å²) in [4.78, 5) is 0. The molecule has 0 saturated heterocycles. The molecule has 0 aliphatic carbocycles. The van der Waals surface area contributed by atoms with Crippen LogP contribution in [0, 0.1) is 0 Å². The molecule has 0 nitrogen and oxygen atoms in total. The van der Waals surface area contributed by atoms with E-state index in [-0.39, 0.29) is 12.4 Å². The minimum absolute atomic E-state index is 0. The third-order valence-corrected chi connectivity index (χ3v) is 11.9.